The molecular weight excluding hydrogens is 204 g/mol. The lowest BCUT2D eigenvalue weighted by atomic mass is 10.2. The van der Waals surface area contributed by atoms with Crippen molar-refractivity contribution < 1.29 is 0 Å². The van der Waals surface area contributed by atoms with Crippen molar-refractivity contribution >= 4 is 5.82 Å². The summed E-state index contributed by atoms with van der Waals surface area (Å²) in [4.78, 5) is 16.0. The second-order valence-corrected chi connectivity index (χ2v) is 3.90. The Kier molecular flexibility index (Phi) is 4.98. The van der Waals surface area contributed by atoms with Crippen LogP contribution in [0.2, 0.25) is 0 Å². The average Bonchev–Trinajstić information content (AvgIpc) is 2.24. The molecule has 16 heavy (non-hydrogen) atoms. The van der Waals surface area contributed by atoms with Gasteiger partial charge in [0.25, 0.3) is 5.56 Å². The van der Waals surface area contributed by atoms with Crippen LogP contribution in [0.5, 0.6) is 0 Å². The fourth-order valence-electron chi connectivity index (χ4n) is 1.52. The van der Waals surface area contributed by atoms with E-state index in [1.54, 1.807) is 17.0 Å². The Morgan fingerprint density at radius 3 is 3.00 bits per heavy atom. The number of anilines is 1. The van der Waals surface area contributed by atoms with Crippen LogP contribution in [-0.4, -0.2) is 22.1 Å². The first-order chi connectivity index (χ1) is 7.69. The number of hydrogen-bond donors (Lipinski definition) is 2. The summed E-state index contributed by atoms with van der Waals surface area (Å²) in [6, 6.07) is 0.169. The van der Waals surface area contributed by atoms with Crippen molar-refractivity contribution in [3.8, 4) is 0 Å². The summed E-state index contributed by atoms with van der Waals surface area (Å²) in [6.45, 7) is 5.35. The van der Waals surface area contributed by atoms with Crippen molar-refractivity contribution in [3.63, 3.8) is 0 Å². The molecule has 5 nitrogen and oxygen atoms in total. The summed E-state index contributed by atoms with van der Waals surface area (Å²) in [5.41, 5.74) is 5.39. The maximum Gasteiger partial charge on any atom is 0.293 e. The van der Waals surface area contributed by atoms with Crippen molar-refractivity contribution in [1.29, 1.82) is 0 Å². The van der Waals surface area contributed by atoms with Gasteiger partial charge in [0.2, 0.25) is 0 Å². The molecule has 90 valence electrons. The third-order valence-electron chi connectivity index (χ3n) is 2.36. The summed E-state index contributed by atoms with van der Waals surface area (Å²) in [7, 11) is 0. The first-order valence-electron chi connectivity index (χ1n) is 5.71. The maximum absolute atomic E-state index is 11.9. The Balaban J connectivity index is 2.80. The van der Waals surface area contributed by atoms with Gasteiger partial charge in [-0.3, -0.25) is 4.79 Å². The normalized spacial score (nSPS) is 12.4. The topological polar surface area (TPSA) is 72.9 Å². The molecule has 1 rings (SSSR count). The van der Waals surface area contributed by atoms with Crippen LogP contribution in [0.4, 0.5) is 5.82 Å². The molecule has 1 atom stereocenters. The second-order valence-electron chi connectivity index (χ2n) is 3.90. The first-order valence-corrected chi connectivity index (χ1v) is 5.71. The molecule has 3 N–H and O–H groups in total. The van der Waals surface area contributed by atoms with E-state index in [2.05, 4.69) is 10.3 Å². The summed E-state index contributed by atoms with van der Waals surface area (Å²) < 4.78 is 1.67. The number of rotatable bonds is 6. The average molecular weight is 224 g/mol. The lowest BCUT2D eigenvalue weighted by Crippen LogP contribution is -2.28. The highest BCUT2D eigenvalue weighted by atomic mass is 16.1. The zero-order chi connectivity index (χ0) is 12.0. The Morgan fingerprint density at radius 1 is 1.62 bits per heavy atom. The quantitative estimate of drug-likeness (QED) is 0.749. The van der Waals surface area contributed by atoms with Gasteiger partial charge >= 0.3 is 0 Å². The van der Waals surface area contributed by atoms with Gasteiger partial charge in [0.15, 0.2) is 5.82 Å². The molecule has 0 aliphatic heterocycles. The molecule has 0 saturated carbocycles. The number of nitrogens with one attached hydrogen (secondary N) is 1. The van der Waals surface area contributed by atoms with Crippen molar-refractivity contribution in [3.05, 3.63) is 22.7 Å². The van der Waals surface area contributed by atoms with E-state index in [0.29, 0.717) is 12.4 Å². The first kappa shape index (κ1) is 12.7. The van der Waals surface area contributed by atoms with Gasteiger partial charge in [-0.1, -0.05) is 6.92 Å². The molecule has 1 aromatic rings. The van der Waals surface area contributed by atoms with E-state index in [4.69, 9.17) is 5.73 Å². The van der Waals surface area contributed by atoms with Gasteiger partial charge in [-0.25, -0.2) is 4.98 Å². The van der Waals surface area contributed by atoms with E-state index in [9.17, 15) is 4.79 Å². The molecular formula is C11H20N4O. The highest BCUT2D eigenvalue weighted by Crippen LogP contribution is 1.99. The Labute approximate surface area is 95.7 Å². The molecule has 0 spiro atoms. The zero-order valence-electron chi connectivity index (χ0n) is 9.94. The van der Waals surface area contributed by atoms with Crippen LogP contribution in [-0.2, 0) is 6.54 Å². The van der Waals surface area contributed by atoms with Crippen molar-refractivity contribution in [1.82, 2.24) is 9.55 Å². The maximum atomic E-state index is 11.9. The van der Waals surface area contributed by atoms with Crippen LogP contribution < -0.4 is 16.6 Å². The lowest BCUT2D eigenvalue weighted by Gasteiger charge is -2.13. The third kappa shape index (κ3) is 3.34. The fourth-order valence-corrected chi connectivity index (χ4v) is 1.52. The van der Waals surface area contributed by atoms with Crippen molar-refractivity contribution in [2.75, 3.05) is 11.9 Å². The number of aromatic nitrogens is 2. The molecule has 0 bridgehead atoms. The second kappa shape index (κ2) is 6.27. The number of hydrogen-bond acceptors (Lipinski definition) is 4. The predicted octanol–water partition coefficient (Wildman–Crippen LogP) is 0.802. The third-order valence-corrected chi connectivity index (χ3v) is 2.36. The zero-order valence-corrected chi connectivity index (χ0v) is 9.94. The Morgan fingerprint density at radius 2 is 2.38 bits per heavy atom. The van der Waals surface area contributed by atoms with Crippen LogP contribution >= 0.6 is 0 Å². The minimum Gasteiger partial charge on any atom is -0.363 e. The molecule has 0 radical (unpaired) electrons. The number of nitrogens with zero attached hydrogens (tertiary/aromatic N) is 2. The van der Waals surface area contributed by atoms with Gasteiger partial charge in [0, 0.05) is 25.0 Å². The van der Waals surface area contributed by atoms with Crippen molar-refractivity contribution in [2.45, 2.75) is 39.3 Å². The fraction of sp³-hybridized carbons (Fsp3) is 0.636. The molecule has 0 aliphatic carbocycles. The summed E-state index contributed by atoms with van der Waals surface area (Å²) in [5.74, 6) is 0.414. The van der Waals surface area contributed by atoms with E-state index >= 15 is 0 Å². The van der Waals surface area contributed by atoms with Crippen LogP contribution in [0, 0.1) is 0 Å². The molecule has 0 aromatic carbocycles. The van der Waals surface area contributed by atoms with Crippen LogP contribution in [0.25, 0.3) is 0 Å². The van der Waals surface area contributed by atoms with E-state index < -0.39 is 0 Å². The molecule has 1 heterocycles. The highest BCUT2D eigenvalue weighted by Gasteiger charge is 2.07. The van der Waals surface area contributed by atoms with E-state index in [-0.39, 0.29) is 11.6 Å². The number of aryl methyl sites for hydroxylation is 1. The Hall–Kier alpha value is -1.36. The molecule has 1 unspecified atom stereocenters. The molecule has 0 aliphatic rings. The lowest BCUT2D eigenvalue weighted by molar-refractivity contribution is 0.643. The highest BCUT2D eigenvalue weighted by molar-refractivity contribution is 5.31. The van der Waals surface area contributed by atoms with Gasteiger partial charge in [0.1, 0.15) is 0 Å². The molecule has 0 saturated heterocycles. The predicted molar refractivity (Wildman–Crippen MR) is 65.5 cm³/mol. The molecule has 0 fully saturated rings. The SMILES string of the molecule is CCCn1ccnc(NC(C)CCN)c1=O. The molecule has 1 aromatic heterocycles. The van der Waals surface area contributed by atoms with Gasteiger partial charge in [-0.15, -0.1) is 0 Å². The summed E-state index contributed by atoms with van der Waals surface area (Å²) in [5, 5.41) is 3.09. The van der Waals surface area contributed by atoms with Crippen LogP contribution in [0.15, 0.2) is 17.2 Å². The summed E-state index contributed by atoms with van der Waals surface area (Å²) in [6.07, 6.45) is 5.12. The Bertz CT molecular complexity index is 374. The van der Waals surface area contributed by atoms with Crippen LogP contribution in [0.3, 0.4) is 0 Å². The van der Waals surface area contributed by atoms with Gasteiger partial charge < -0.3 is 15.6 Å². The monoisotopic (exact) mass is 224 g/mol. The standard InChI is InChI=1S/C11H20N4O/c1-3-7-15-8-6-13-10(11(15)16)14-9(2)4-5-12/h6,8-9H,3-5,7,12H2,1-2H3,(H,13,14). The van der Waals surface area contributed by atoms with Gasteiger partial charge in [-0.05, 0) is 26.3 Å². The molecule has 0 amide bonds. The minimum absolute atomic E-state index is 0.0618. The van der Waals surface area contributed by atoms with E-state index in [0.717, 1.165) is 19.4 Å². The van der Waals surface area contributed by atoms with E-state index in [1.165, 1.54) is 0 Å². The molecule has 5 heteroatoms. The smallest absolute Gasteiger partial charge is 0.293 e. The van der Waals surface area contributed by atoms with Crippen LogP contribution in [0.1, 0.15) is 26.7 Å². The van der Waals surface area contributed by atoms with Crippen molar-refractivity contribution in [2.24, 2.45) is 5.73 Å². The van der Waals surface area contributed by atoms with E-state index in [1.807, 2.05) is 13.8 Å². The van der Waals surface area contributed by atoms with Gasteiger partial charge in [-0.2, -0.15) is 0 Å². The van der Waals surface area contributed by atoms with Gasteiger partial charge in [0.05, 0.1) is 0 Å². The minimum atomic E-state index is -0.0618. The largest absolute Gasteiger partial charge is 0.363 e. The summed E-state index contributed by atoms with van der Waals surface area (Å²) >= 11 is 0. The number of nitrogens with two attached hydrogens (primary N) is 1.